The minimum Gasteiger partial charge on any atom is -0.489 e. The van der Waals surface area contributed by atoms with Gasteiger partial charge in [0.05, 0.1) is 17.7 Å². The van der Waals surface area contributed by atoms with Gasteiger partial charge in [-0.2, -0.15) is 13.2 Å². The fourth-order valence-corrected chi connectivity index (χ4v) is 2.33. The van der Waals surface area contributed by atoms with Crippen LogP contribution in [0.3, 0.4) is 0 Å². The van der Waals surface area contributed by atoms with Crippen LogP contribution in [0.2, 0.25) is 0 Å². The number of amides is 1. The van der Waals surface area contributed by atoms with Gasteiger partial charge >= 0.3 is 12.3 Å². The summed E-state index contributed by atoms with van der Waals surface area (Å²) in [5.41, 5.74) is -1.29. The van der Waals surface area contributed by atoms with E-state index >= 15 is 0 Å². The highest BCUT2D eigenvalue weighted by molar-refractivity contribution is 5.99. The molecule has 1 N–H and O–H groups in total. The molecule has 0 atom stereocenters. The van der Waals surface area contributed by atoms with E-state index in [1.54, 1.807) is 20.8 Å². The maximum absolute atomic E-state index is 14.2. The number of ether oxygens (including phenoxy) is 2. The predicted octanol–water partition coefficient (Wildman–Crippen LogP) is 5.13. The van der Waals surface area contributed by atoms with Crippen LogP contribution in [0.1, 0.15) is 42.3 Å². The number of ketones is 1. The number of alkyl carbamates (subject to hydrolysis) is 1. The fourth-order valence-electron chi connectivity index (χ4n) is 2.33. The van der Waals surface area contributed by atoms with Crippen molar-refractivity contribution in [2.75, 3.05) is 6.54 Å². The summed E-state index contributed by atoms with van der Waals surface area (Å²) in [5.74, 6) is -1.41. The Morgan fingerprint density at radius 2 is 1.63 bits per heavy atom. The molecule has 9 heteroatoms. The lowest BCUT2D eigenvalue weighted by atomic mass is 10.1. The Labute approximate surface area is 171 Å². The van der Waals surface area contributed by atoms with Crippen LogP contribution in [-0.2, 0) is 17.5 Å². The van der Waals surface area contributed by atoms with E-state index in [-0.39, 0.29) is 17.9 Å². The van der Waals surface area contributed by atoms with Gasteiger partial charge in [-0.25, -0.2) is 9.18 Å². The van der Waals surface area contributed by atoms with Gasteiger partial charge < -0.3 is 14.8 Å². The quantitative estimate of drug-likeness (QED) is 0.513. The second-order valence-electron chi connectivity index (χ2n) is 7.40. The highest BCUT2D eigenvalue weighted by Gasteiger charge is 2.29. The average Bonchev–Trinajstić information content (AvgIpc) is 2.63. The summed E-state index contributed by atoms with van der Waals surface area (Å²) < 4.78 is 62.3. The van der Waals surface area contributed by atoms with Gasteiger partial charge in [0.2, 0.25) is 0 Å². The molecule has 0 aliphatic carbocycles. The van der Waals surface area contributed by atoms with Gasteiger partial charge in [0.1, 0.15) is 23.8 Å². The lowest BCUT2D eigenvalue weighted by Crippen LogP contribution is -2.35. The Morgan fingerprint density at radius 3 is 2.17 bits per heavy atom. The summed E-state index contributed by atoms with van der Waals surface area (Å²) in [6, 6.07) is 7.94. The Bertz CT molecular complexity index is 903. The number of Topliss-reactive ketones (excluding diaryl/α,β-unsaturated/α-hetero) is 1. The molecule has 2 aromatic carbocycles. The molecule has 1 amide bonds. The minimum absolute atomic E-state index is 0.0783. The first-order valence-corrected chi connectivity index (χ1v) is 8.94. The van der Waals surface area contributed by atoms with E-state index in [2.05, 4.69) is 5.32 Å². The van der Waals surface area contributed by atoms with Gasteiger partial charge in [-0.05, 0) is 50.6 Å². The van der Waals surface area contributed by atoms with Crippen molar-refractivity contribution in [3.63, 3.8) is 0 Å². The van der Waals surface area contributed by atoms with Crippen molar-refractivity contribution in [3.05, 3.63) is 65.0 Å². The number of halogens is 4. The van der Waals surface area contributed by atoms with Crippen LogP contribution < -0.4 is 10.1 Å². The molecule has 0 heterocycles. The van der Waals surface area contributed by atoms with Crippen LogP contribution in [0.25, 0.3) is 0 Å². The Kier molecular flexibility index (Phi) is 7.07. The second kappa shape index (κ2) is 9.15. The SMILES string of the molecule is CC(C)(C)OC(=O)NCC(=O)c1ccc(OCc2ccc(C(F)(F)F)cc2)cc1F. The van der Waals surface area contributed by atoms with Gasteiger partial charge in [-0.3, -0.25) is 4.79 Å². The number of nitrogens with one attached hydrogen (secondary N) is 1. The Balaban J connectivity index is 1.93. The number of carbonyl (C=O) groups is 2. The van der Waals surface area contributed by atoms with Crippen molar-refractivity contribution in [2.45, 2.75) is 39.2 Å². The second-order valence-corrected chi connectivity index (χ2v) is 7.40. The number of benzene rings is 2. The van der Waals surface area contributed by atoms with Gasteiger partial charge in [-0.15, -0.1) is 0 Å². The Hall–Kier alpha value is -3.10. The zero-order chi connectivity index (χ0) is 22.5. The molecule has 2 aromatic rings. The normalized spacial score (nSPS) is 11.7. The number of hydrogen-bond donors (Lipinski definition) is 1. The van der Waals surface area contributed by atoms with E-state index in [1.807, 2.05) is 0 Å². The topological polar surface area (TPSA) is 64.6 Å². The van der Waals surface area contributed by atoms with Gasteiger partial charge in [-0.1, -0.05) is 12.1 Å². The van der Waals surface area contributed by atoms with Crippen LogP contribution in [0, 0.1) is 5.82 Å². The molecule has 0 unspecified atom stereocenters. The molecule has 2 rings (SSSR count). The molecule has 0 aromatic heterocycles. The van der Waals surface area contributed by atoms with Gasteiger partial charge in [0.25, 0.3) is 0 Å². The van der Waals surface area contributed by atoms with Gasteiger partial charge in [0, 0.05) is 6.07 Å². The third kappa shape index (κ3) is 7.06. The van der Waals surface area contributed by atoms with Crippen molar-refractivity contribution in [1.82, 2.24) is 5.32 Å². The Morgan fingerprint density at radius 1 is 1.00 bits per heavy atom. The number of carbonyl (C=O) groups excluding carboxylic acids is 2. The van der Waals surface area contributed by atoms with Crippen LogP contribution >= 0.6 is 0 Å². The molecule has 0 spiro atoms. The minimum atomic E-state index is -4.43. The highest BCUT2D eigenvalue weighted by Crippen LogP contribution is 2.29. The summed E-state index contributed by atoms with van der Waals surface area (Å²) in [7, 11) is 0. The van der Waals surface area contributed by atoms with E-state index < -0.39 is 41.6 Å². The molecule has 0 fully saturated rings. The predicted molar refractivity (Wildman–Crippen MR) is 101 cm³/mol. The summed E-state index contributed by atoms with van der Waals surface area (Å²) in [6.45, 7) is 4.47. The first-order valence-electron chi connectivity index (χ1n) is 8.94. The van der Waals surface area contributed by atoms with Crippen LogP contribution in [0.15, 0.2) is 42.5 Å². The van der Waals surface area contributed by atoms with Crippen LogP contribution in [0.5, 0.6) is 5.75 Å². The number of alkyl halides is 3. The zero-order valence-electron chi connectivity index (χ0n) is 16.6. The summed E-state index contributed by atoms with van der Waals surface area (Å²) >= 11 is 0. The van der Waals surface area contributed by atoms with E-state index in [0.717, 1.165) is 18.2 Å². The smallest absolute Gasteiger partial charge is 0.416 e. The van der Waals surface area contributed by atoms with E-state index in [1.165, 1.54) is 24.3 Å². The first kappa shape index (κ1) is 23.2. The fraction of sp³-hybridized carbons (Fsp3) is 0.333. The van der Waals surface area contributed by atoms with E-state index in [4.69, 9.17) is 9.47 Å². The van der Waals surface area contributed by atoms with Crippen molar-refractivity contribution in [3.8, 4) is 5.75 Å². The molecule has 0 bridgehead atoms. The first-order chi connectivity index (χ1) is 13.8. The third-order valence-electron chi connectivity index (χ3n) is 3.72. The van der Waals surface area contributed by atoms with Crippen molar-refractivity contribution in [2.24, 2.45) is 0 Å². The summed E-state index contributed by atoms with van der Waals surface area (Å²) in [4.78, 5) is 23.7. The van der Waals surface area contributed by atoms with Gasteiger partial charge in [0.15, 0.2) is 5.78 Å². The van der Waals surface area contributed by atoms with Crippen molar-refractivity contribution < 1.29 is 36.6 Å². The lowest BCUT2D eigenvalue weighted by molar-refractivity contribution is -0.137. The molecular weight excluding hydrogens is 406 g/mol. The zero-order valence-corrected chi connectivity index (χ0v) is 16.6. The largest absolute Gasteiger partial charge is 0.489 e. The highest BCUT2D eigenvalue weighted by atomic mass is 19.4. The molecule has 0 aliphatic rings. The molecule has 162 valence electrons. The third-order valence-corrected chi connectivity index (χ3v) is 3.72. The van der Waals surface area contributed by atoms with Crippen LogP contribution in [-0.4, -0.2) is 24.0 Å². The lowest BCUT2D eigenvalue weighted by Gasteiger charge is -2.19. The van der Waals surface area contributed by atoms with E-state index in [0.29, 0.717) is 5.56 Å². The maximum Gasteiger partial charge on any atom is 0.416 e. The molecule has 0 saturated carbocycles. The van der Waals surface area contributed by atoms with E-state index in [9.17, 15) is 27.2 Å². The maximum atomic E-state index is 14.2. The van der Waals surface area contributed by atoms with Crippen molar-refractivity contribution in [1.29, 1.82) is 0 Å². The standard InChI is InChI=1S/C21H21F4NO4/c1-20(2,3)30-19(28)26-11-18(27)16-9-8-15(10-17(16)22)29-12-13-4-6-14(7-5-13)21(23,24)25/h4-10H,11-12H2,1-3H3,(H,26,28). The van der Waals surface area contributed by atoms with Crippen molar-refractivity contribution >= 4 is 11.9 Å². The molecule has 5 nitrogen and oxygen atoms in total. The monoisotopic (exact) mass is 427 g/mol. The average molecular weight is 427 g/mol. The molecule has 0 aliphatic heterocycles. The molecular formula is C21H21F4NO4. The van der Waals surface area contributed by atoms with Crippen LogP contribution in [0.4, 0.5) is 22.4 Å². The molecule has 0 radical (unpaired) electrons. The summed E-state index contributed by atoms with van der Waals surface area (Å²) in [5, 5.41) is 2.25. The number of rotatable bonds is 6. The molecule has 0 saturated heterocycles. The number of hydrogen-bond acceptors (Lipinski definition) is 4. The summed E-state index contributed by atoms with van der Waals surface area (Å²) in [6.07, 6.45) is -5.23. The molecule has 30 heavy (non-hydrogen) atoms.